The van der Waals surface area contributed by atoms with Crippen LogP contribution in [0.3, 0.4) is 0 Å². The molecule has 9 heteroatoms. The summed E-state index contributed by atoms with van der Waals surface area (Å²) in [7, 11) is 0. The van der Waals surface area contributed by atoms with Gasteiger partial charge in [-0.2, -0.15) is 0 Å². The van der Waals surface area contributed by atoms with Crippen LogP contribution < -0.4 is 4.74 Å². The lowest BCUT2D eigenvalue weighted by molar-refractivity contribution is -0.274. The number of pyridine rings is 1. The molecule has 1 fully saturated rings. The first kappa shape index (κ1) is 22.4. The standard InChI is InChI=1S/C25H24F3N3O3/c26-25(27,28)34-18-5-1-16(2-6-18)24(33)31-13-10-15(11-14-31)19-9-12-29-23-22(19)20-7-3-17(32)4-8-21(20)30-23/h1-2,5-6,9,12,15H,3-4,7-8,10-11,13-14H2,(H,29,30). The lowest BCUT2D eigenvalue weighted by Gasteiger charge is -2.32. The number of aromatic amines is 1. The van der Waals surface area contributed by atoms with E-state index in [0.717, 1.165) is 48.1 Å². The molecule has 6 nitrogen and oxygen atoms in total. The summed E-state index contributed by atoms with van der Waals surface area (Å²) in [6, 6.07) is 7.08. The maximum atomic E-state index is 12.9. The third-order valence-electron chi connectivity index (χ3n) is 6.78. The molecule has 1 aliphatic carbocycles. The largest absolute Gasteiger partial charge is 0.573 e. The second kappa shape index (κ2) is 8.77. The molecule has 0 atom stereocenters. The second-order valence-electron chi connectivity index (χ2n) is 8.88. The first-order valence-electron chi connectivity index (χ1n) is 11.4. The summed E-state index contributed by atoms with van der Waals surface area (Å²) in [5, 5.41) is 1.12. The Morgan fingerprint density at radius 3 is 2.44 bits per heavy atom. The molecule has 2 aromatic heterocycles. The van der Waals surface area contributed by atoms with Crippen molar-refractivity contribution >= 4 is 22.7 Å². The number of hydrogen-bond donors (Lipinski definition) is 1. The van der Waals surface area contributed by atoms with Crippen molar-refractivity contribution in [2.45, 2.75) is 50.8 Å². The number of ether oxygens (including phenoxy) is 1. The molecule has 0 radical (unpaired) electrons. The number of halogens is 3. The number of carbonyl (C=O) groups is 2. The molecule has 3 heterocycles. The van der Waals surface area contributed by atoms with Crippen LogP contribution in [0.5, 0.6) is 5.75 Å². The van der Waals surface area contributed by atoms with E-state index in [1.807, 2.05) is 6.07 Å². The number of fused-ring (bicyclic) bond motifs is 3. The summed E-state index contributed by atoms with van der Waals surface area (Å²) in [4.78, 5) is 34.5. The Morgan fingerprint density at radius 2 is 1.74 bits per heavy atom. The molecular formula is C25H24F3N3O3. The van der Waals surface area contributed by atoms with Crippen LogP contribution in [0.25, 0.3) is 11.0 Å². The van der Waals surface area contributed by atoms with E-state index >= 15 is 0 Å². The van der Waals surface area contributed by atoms with E-state index in [0.29, 0.717) is 37.9 Å². The average Bonchev–Trinajstić information content (AvgIpc) is 3.08. The Balaban J connectivity index is 1.30. The highest BCUT2D eigenvalue weighted by molar-refractivity contribution is 5.94. The number of likely N-dealkylation sites (tertiary alicyclic amines) is 1. The van der Waals surface area contributed by atoms with Gasteiger partial charge in [0.1, 0.15) is 17.2 Å². The molecule has 0 saturated carbocycles. The van der Waals surface area contributed by atoms with Gasteiger partial charge in [0.15, 0.2) is 0 Å². The number of carbonyl (C=O) groups excluding carboxylic acids is 2. The van der Waals surface area contributed by atoms with Crippen molar-refractivity contribution in [1.29, 1.82) is 0 Å². The van der Waals surface area contributed by atoms with E-state index in [4.69, 9.17) is 0 Å². The van der Waals surface area contributed by atoms with Crippen molar-refractivity contribution < 1.29 is 27.5 Å². The highest BCUT2D eigenvalue weighted by Crippen LogP contribution is 2.37. The van der Waals surface area contributed by atoms with E-state index in [-0.39, 0.29) is 23.4 Å². The van der Waals surface area contributed by atoms with Crippen LogP contribution in [0.2, 0.25) is 0 Å². The van der Waals surface area contributed by atoms with Gasteiger partial charge in [-0.3, -0.25) is 9.59 Å². The molecule has 5 rings (SSSR count). The van der Waals surface area contributed by atoms with Gasteiger partial charge in [0.05, 0.1) is 0 Å². The number of ketones is 1. The van der Waals surface area contributed by atoms with Gasteiger partial charge < -0.3 is 14.6 Å². The van der Waals surface area contributed by atoms with Crippen molar-refractivity contribution in [2.75, 3.05) is 13.1 Å². The van der Waals surface area contributed by atoms with Gasteiger partial charge in [0.2, 0.25) is 0 Å². The zero-order valence-electron chi connectivity index (χ0n) is 18.5. The second-order valence-corrected chi connectivity index (χ2v) is 8.88. The van der Waals surface area contributed by atoms with Gasteiger partial charge in [-0.15, -0.1) is 13.2 Å². The molecular weight excluding hydrogens is 447 g/mol. The highest BCUT2D eigenvalue weighted by Gasteiger charge is 2.31. The van der Waals surface area contributed by atoms with Gasteiger partial charge in [-0.1, -0.05) is 0 Å². The normalized spacial score (nSPS) is 17.5. The van der Waals surface area contributed by atoms with Gasteiger partial charge in [-0.05, 0) is 73.1 Å². The lowest BCUT2D eigenvalue weighted by atomic mass is 9.86. The van der Waals surface area contributed by atoms with Crippen LogP contribution in [0.15, 0.2) is 36.5 Å². The summed E-state index contributed by atoms with van der Waals surface area (Å²) < 4.78 is 40.9. The molecule has 178 valence electrons. The summed E-state index contributed by atoms with van der Waals surface area (Å²) >= 11 is 0. The Labute approximate surface area is 194 Å². The highest BCUT2D eigenvalue weighted by atomic mass is 19.4. The third-order valence-corrected chi connectivity index (χ3v) is 6.78. The number of rotatable bonds is 3. The number of H-pyrrole nitrogens is 1. The molecule has 3 aromatic rings. The third kappa shape index (κ3) is 4.51. The van der Waals surface area contributed by atoms with E-state index in [2.05, 4.69) is 14.7 Å². The first-order chi connectivity index (χ1) is 16.3. The van der Waals surface area contributed by atoms with Crippen LogP contribution in [0, 0.1) is 0 Å². The maximum Gasteiger partial charge on any atom is 0.573 e. The molecule has 2 aliphatic rings. The molecule has 1 N–H and O–H groups in total. The number of benzene rings is 1. The summed E-state index contributed by atoms with van der Waals surface area (Å²) in [5.74, 6) is -0.00770. The minimum Gasteiger partial charge on any atom is -0.406 e. The zero-order valence-corrected chi connectivity index (χ0v) is 18.5. The van der Waals surface area contributed by atoms with E-state index < -0.39 is 6.36 Å². The van der Waals surface area contributed by atoms with Gasteiger partial charge in [0.25, 0.3) is 5.91 Å². The summed E-state index contributed by atoms with van der Waals surface area (Å²) in [6.07, 6.45) is 1.13. The van der Waals surface area contributed by atoms with Gasteiger partial charge in [-0.25, -0.2) is 4.98 Å². The Hall–Kier alpha value is -3.36. The van der Waals surface area contributed by atoms with E-state index in [1.165, 1.54) is 23.3 Å². The Bertz CT molecular complexity index is 1230. The monoisotopic (exact) mass is 471 g/mol. The number of Topliss-reactive ketones (excluding diaryl/α,β-unsaturated/α-hetero) is 1. The predicted octanol–water partition coefficient (Wildman–Crippen LogP) is 4.93. The lowest BCUT2D eigenvalue weighted by Crippen LogP contribution is -2.38. The van der Waals surface area contributed by atoms with Crippen molar-refractivity contribution in [3.63, 3.8) is 0 Å². The van der Waals surface area contributed by atoms with Crippen LogP contribution >= 0.6 is 0 Å². The van der Waals surface area contributed by atoms with Crippen molar-refractivity contribution in [1.82, 2.24) is 14.9 Å². The minimum absolute atomic E-state index is 0.203. The van der Waals surface area contributed by atoms with Crippen molar-refractivity contribution in [3.05, 3.63) is 58.9 Å². The van der Waals surface area contributed by atoms with E-state index in [1.54, 1.807) is 11.1 Å². The molecule has 1 amide bonds. The quantitative estimate of drug-likeness (QED) is 0.550. The Kier molecular flexibility index (Phi) is 5.79. The summed E-state index contributed by atoms with van der Waals surface area (Å²) in [5.41, 5.74) is 4.70. The SMILES string of the molecule is O=C1CCc2[nH]c3nccc(C4CCN(C(=O)c5ccc(OC(F)(F)F)cc5)CC4)c3c2CC1. The van der Waals surface area contributed by atoms with Crippen LogP contribution in [0.1, 0.15) is 58.8 Å². The number of amides is 1. The molecule has 1 saturated heterocycles. The molecule has 0 bridgehead atoms. The molecule has 0 unspecified atom stereocenters. The molecule has 0 spiro atoms. The predicted molar refractivity (Wildman–Crippen MR) is 119 cm³/mol. The minimum atomic E-state index is -4.76. The molecule has 34 heavy (non-hydrogen) atoms. The van der Waals surface area contributed by atoms with E-state index in [9.17, 15) is 22.8 Å². The van der Waals surface area contributed by atoms with Crippen LogP contribution in [-0.2, 0) is 17.6 Å². The van der Waals surface area contributed by atoms with Gasteiger partial charge in [0, 0.05) is 48.8 Å². The fourth-order valence-electron chi connectivity index (χ4n) is 5.12. The Morgan fingerprint density at radius 1 is 1.03 bits per heavy atom. The zero-order chi connectivity index (χ0) is 23.9. The molecule has 1 aliphatic heterocycles. The number of hydrogen-bond acceptors (Lipinski definition) is 4. The van der Waals surface area contributed by atoms with Crippen LogP contribution in [0.4, 0.5) is 13.2 Å². The number of nitrogens with one attached hydrogen (secondary N) is 1. The number of nitrogens with zero attached hydrogens (tertiary/aromatic N) is 2. The smallest absolute Gasteiger partial charge is 0.406 e. The first-order valence-corrected chi connectivity index (χ1v) is 11.4. The molecule has 1 aromatic carbocycles. The number of aryl methyl sites for hydroxylation is 2. The van der Waals surface area contributed by atoms with Crippen molar-refractivity contribution in [3.8, 4) is 5.75 Å². The summed E-state index contributed by atoms with van der Waals surface area (Å²) in [6.45, 7) is 1.11. The topological polar surface area (TPSA) is 75.3 Å². The number of piperidine rings is 1. The fraction of sp³-hybridized carbons (Fsp3) is 0.400. The average molecular weight is 471 g/mol. The number of alkyl halides is 3. The maximum absolute atomic E-state index is 12.9. The van der Waals surface area contributed by atoms with Gasteiger partial charge >= 0.3 is 6.36 Å². The number of aromatic nitrogens is 2. The fourth-order valence-corrected chi connectivity index (χ4v) is 5.12. The van der Waals surface area contributed by atoms with Crippen LogP contribution in [-0.4, -0.2) is 46.0 Å². The van der Waals surface area contributed by atoms with Crippen molar-refractivity contribution in [2.24, 2.45) is 0 Å².